The van der Waals surface area contributed by atoms with Crippen molar-refractivity contribution >= 4 is 33.4 Å². The Bertz CT molecular complexity index is 1130. The zero-order valence-corrected chi connectivity index (χ0v) is 20.0. The molecule has 1 aliphatic heterocycles. The molecule has 0 aromatic heterocycles. The molecule has 2 amide bonds. The molecule has 0 saturated carbocycles. The fraction of sp³-hybridized carbons (Fsp3) is 0.391. The number of methoxy groups -OCH3 is 1. The van der Waals surface area contributed by atoms with Gasteiger partial charge in [-0.1, -0.05) is 18.2 Å². The van der Waals surface area contributed by atoms with E-state index >= 15 is 0 Å². The van der Waals surface area contributed by atoms with Crippen LogP contribution in [0.25, 0.3) is 11.1 Å². The van der Waals surface area contributed by atoms with Gasteiger partial charge in [-0.25, -0.2) is 18.0 Å². The third-order valence-electron chi connectivity index (χ3n) is 5.27. The van der Waals surface area contributed by atoms with Crippen LogP contribution >= 0.6 is 0 Å². The number of hydrogen-bond acceptors (Lipinski definition) is 7. The van der Waals surface area contributed by atoms with Crippen molar-refractivity contribution in [3.05, 3.63) is 42.5 Å². The largest absolute Gasteiger partial charge is 0.452 e. The van der Waals surface area contributed by atoms with Crippen LogP contribution in [0.3, 0.4) is 0 Å². The van der Waals surface area contributed by atoms with Crippen molar-refractivity contribution in [1.82, 2.24) is 0 Å². The van der Waals surface area contributed by atoms with Gasteiger partial charge in [-0.2, -0.15) is 0 Å². The van der Waals surface area contributed by atoms with E-state index in [1.54, 1.807) is 38.1 Å². The maximum atomic E-state index is 12.8. The molecule has 0 spiro atoms. The van der Waals surface area contributed by atoms with Crippen molar-refractivity contribution in [2.24, 2.45) is 5.73 Å². The van der Waals surface area contributed by atoms with Gasteiger partial charge in [-0.3, -0.25) is 9.80 Å². The Kier molecular flexibility index (Phi) is 7.28. The van der Waals surface area contributed by atoms with Crippen molar-refractivity contribution < 1.29 is 27.5 Å². The molecule has 1 atom stereocenters. The lowest BCUT2D eigenvalue weighted by Gasteiger charge is -2.40. The third kappa shape index (κ3) is 5.12. The molecule has 0 fully saturated rings. The van der Waals surface area contributed by atoms with Gasteiger partial charge in [0.15, 0.2) is 9.84 Å². The standard InChI is InChI=1S/C23H29N3O6S/c1-15(2)32-22(27)25-14-16(3)26(23(28)31-4)20-10-7-18(13-21(20)25)17-5-8-19(9-6-17)33(29,30)12-11-24/h5-10,13,15-16H,11-12,14,24H2,1-4H3/t16-/m0/s1. The first-order valence-electron chi connectivity index (χ1n) is 10.6. The van der Waals surface area contributed by atoms with Crippen LogP contribution in [0.5, 0.6) is 0 Å². The van der Waals surface area contributed by atoms with Crippen LogP contribution in [0, 0.1) is 0 Å². The number of amides is 2. The van der Waals surface area contributed by atoms with Gasteiger partial charge in [0.2, 0.25) is 0 Å². The van der Waals surface area contributed by atoms with Crippen molar-refractivity contribution in [2.45, 2.75) is 37.8 Å². The molecular weight excluding hydrogens is 446 g/mol. The summed E-state index contributed by atoms with van der Waals surface area (Å²) in [6.07, 6.45) is -1.34. The molecule has 0 unspecified atom stereocenters. The highest BCUT2D eigenvalue weighted by molar-refractivity contribution is 7.91. The van der Waals surface area contributed by atoms with Gasteiger partial charge in [-0.05, 0) is 56.2 Å². The summed E-state index contributed by atoms with van der Waals surface area (Å²) < 4.78 is 34.9. The number of nitrogens with two attached hydrogens (primary N) is 1. The number of fused-ring (bicyclic) bond motifs is 1. The molecule has 1 aliphatic rings. The highest BCUT2D eigenvalue weighted by atomic mass is 32.2. The van der Waals surface area contributed by atoms with Crippen LogP contribution < -0.4 is 15.5 Å². The minimum absolute atomic E-state index is 0.0480. The third-order valence-corrected chi connectivity index (χ3v) is 7.04. The molecule has 2 aromatic carbocycles. The number of ether oxygens (including phenoxy) is 2. The lowest BCUT2D eigenvalue weighted by atomic mass is 10.0. The highest BCUT2D eigenvalue weighted by Crippen LogP contribution is 2.39. The Balaban J connectivity index is 2.05. The molecule has 10 heteroatoms. The second-order valence-corrected chi connectivity index (χ2v) is 10.2. The Morgan fingerprint density at radius 3 is 2.27 bits per heavy atom. The predicted octanol–water partition coefficient (Wildman–Crippen LogP) is 3.41. The summed E-state index contributed by atoms with van der Waals surface area (Å²) in [4.78, 5) is 28.5. The molecule has 0 saturated heterocycles. The Morgan fingerprint density at radius 1 is 1.06 bits per heavy atom. The first-order valence-corrected chi connectivity index (χ1v) is 12.3. The number of carbonyl (C=O) groups excluding carboxylic acids is 2. The molecule has 0 radical (unpaired) electrons. The van der Waals surface area contributed by atoms with Gasteiger partial charge in [-0.15, -0.1) is 0 Å². The van der Waals surface area contributed by atoms with E-state index in [9.17, 15) is 18.0 Å². The van der Waals surface area contributed by atoms with E-state index in [0.717, 1.165) is 11.1 Å². The summed E-state index contributed by atoms with van der Waals surface area (Å²) in [6.45, 7) is 5.64. The fourth-order valence-corrected chi connectivity index (χ4v) is 4.84. The van der Waals surface area contributed by atoms with Crippen LogP contribution in [-0.4, -0.2) is 58.7 Å². The van der Waals surface area contributed by atoms with E-state index in [1.165, 1.54) is 29.0 Å². The monoisotopic (exact) mass is 475 g/mol. The van der Waals surface area contributed by atoms with Crippen LogP contribution in [0.4, 0.5) is 21.0 Å². The van der Waals surface area contributed by atoms with Crippen LogP contribution in [0.1, 0.15) is 20.8 Å². The fourth-order valence-electron chi connectivity index (χ4n) is 3.75. The normalized spacial score (nSPS) is 15.9. The van der Waals surface area contributed by atoms with Crippen molar-refractivity contribution in [3.8, 4) is 11.1 Å². The minimum atomic E-state index is -3.43. The lowest BCUT2D eigenvalue weighted by molar-refractivity contribution is 0.121. The maximum absolute atomic E-state index is 12.8. The SMILES string of the molecule is COC(=O)N1c2ccc(-c3ccc(S(=O)(=O)CCN)cc3)cc2N(C(=O)OC(C)C)C[C@@H]1C. The summed E-state index contributed by atoms with van der Waals surface area (Å²) >= 11 is 0. The molecule has 3 rings (SSSR count). The summed E-state index contributed by atoms with van der Waals surface area (Å²) in [5.41, 5.74) is 7.92. The van der Waals surface area contributed by atoms with Crippen molar-refractivity contribution in [1.29, 1.82) is 0 Å². The predicted molar refractivity (Wildman–Crippen MR) is 126 cm³/mol. The second kappa shape index (κ2) is 9.80. The number of nitrogens with zero attached hydrogens (tertiary/aromatic N) is 2. The molecule has 1 heterocycles. The van der Waals surface area contributed by atoms with Crippen LogP contribution in [0.2, 0.25) is 0 Å². The van der Waals surface area contributed by atoms with E-state index in [4.69, 9.17) is 15.2 Å². The summed E-state index contributed by atoms with van der Waals surface area (Å²) in [5.74, 6) is -0.125. The van der Waals surface area contributed by atoms with E-state index in [1.807, 2.05) is 13.0 Å². The number of sulfone groups is 1. The molecule has 0 bridgehead atoms. The number of rotatable bonds is 5. The molecule has 2 aromatic rings. The van der Waals surface area contributed by atoms with Crippen LogP contribution in [-0.2, 0) is 19.3 Å². The minimum Gasteiger partial charge on any atom is -0.452 e. The zero-order chi connectivity index (χ0) is 24.3. The van der Waals surface area contributed by atoms with Gasteiger partial charge in [0.25, 0.3) is 0 Å². The van der Waals surface area contributed by atoms with Gasteiger partial charge in [0.1, 0.15) is 0 Å². The van der Waals surface area contributed by atoms with Crippen LogP contribution in [0.15, 0.2) is 47.4 Å². The number of carbonyl (C=O) groups is 2. The highest BCUT2D eigenvalue weighted by Gasteiger charge is 2.36. The first-order chi connectivity index (χ1) is 15.6. The van der Waals surface area contributed by atoms with E-state index < -0.39 is 22.0 Å². The average molecular weight is 476 g/mol. The van der Waals surface area contributed by atoms with Gasteiger partial charge >= 0.3 is 12.2 Å². The van der Waals surface area contributed by atoms with Gasteiger partial charge < -0.3 is 15.2 Å². The topological polar surface area (TPSA) is 119 Å². The van der Waals surface area contributed by atoms with Gasteiger partial charge in [0, 0.05) is 6.54 Å². The second-order valence-electron chi connectivity index (χ2n) is 8.07. The van der Waals surface area contributed by atoms with E-state index in [0.29, 0.717) is 11.4 Å². The Morgan fingerprint density at radius 2 is 1.70 bits per heavy atom. The smallest absolute Gasteiger partial charge is 0.414 e. The lowest BCUT2D eigenvalue weighted by Crippen LogP contribution is -2.52. The Labute approximate surface area is 194 Å². The quantitative estimate of drug-likeness (QED) is 0.704. The molecule has 178 valence electrons. The molecule has 2 N–H and O–H groups in total. The first kappa shape index (κ1) is 24.5. The summed E-state index contributed by atoms with van der Waals surface area (Å²) in [5, 5.41) is 0. The molecule has 9 nitrogen and oxygen atoms in total. The average Bonchev–Trinajstić information content (AvgIpc) is 2.77. The van der Waals surface area contributed by atoms with E-state index in [-0.39, 0.29) is 35.9 Å². The summed E-state index contributed by atoms with van der Waals surface area (Å²) in [7, 11) is -2.13. The Hall–Kier alpha value is -3.11. The van der Waals surface area contributed by atoms with Crippen molar-refractivity contribution in [2.75, 3.05) is 35.8 Å². The molecule has 0 aliphatic carbocycles. The number of hydrogen-bond donors (Lipinski definition) is 1. The van der Waals surface area contributed by atoms with E-state index in [2.05, 4.69) is 0 Å². The number of benzene rings is 2. The molecular formula is C23H29N3O6S. The van der Waals surface area contributed by atoms with Crippen molar-refractivity contribution in [3.63, 3.8) is 0 Å². The summed E-state index contributed by atoms with van der Waals surface area (Å²) in [6, 6.07) is 11.5. The molecule has 33 heavy (non-hydrogen) atoms. The van der Waals surface area contributed by atoms with Gasteiger partial charge in [0.05, 0.1) is 47.8 Å². The number of anilines is 2. The zero-order valence-electron chi connectivity index (χ0n) is 19.1. The maximum Gasteiger partial charge on any atom is 0.414 e.